The molecule has 3 aromatic carbocycles. The van der Waals surface area contributed by atoms with E-state index in [2.05, 4.69) is 0 Å². The molecule has 3 heterocycles. The molecule has 8 heteroatoms. The number of nitrogens with zero attached hydrogens (tertiary/aromatic N) is 2. The lowest BCUT2D eigenvalue weighted by Crippen LogP contribution is -2.37. The van der Waals surface area contributed by atoms with Crippen molar-refractivity contribution < 1.29 is 18.8 Å². The van der Waals surface area contributed by atoms with Crippen LogP contribution in [-0.4, -0.2) is 17.9 Å². The van der Waals surface area contributed by atoms with Gasteiger partial charge >= 0.3 is 0 Å². The molecule has 2 amide bonds. The minimum Gasteiger partial charge on any atom is -0.459 e. The van der Waals surface area contributed by atoms with Gasteiger partial charge < -0.3 is 4.42 Å². The number of fused-ring (bicyclic) bond motifs is 1. The van der Waals surface area contributed by atoms with Gasteiger partial charge in [-0.1, -0.05) is 59.1 Å². The lowest BCUT2D eigenvalue weighted by atomic mass is 9.94. The first-order valence-electron chi connectivity index (χ1n) is 11.4. The lowest BCUT2D eigenvalue weighted by Gasteiger charge is -2.27. The van der Waals surface area contributed by atoms with Crippen molar-refractivity contribution in [1.82, 2.24) is 0 Å². The Kier molecular flexibility index (Phi) is 5.60. The molecule has 0 N–H and O–H groups in total. The first-order chi connectivity index (χ1) is 17.4. The SMILES string of the molecule is Cc1ccc(N2C(=O)[C@H]3[C@@H](ON(c4ccccc4)[C@H]3c3ccc(-c4ccc(Cl)cc4Cl)o3)C2=O)cc1. The predicted molar refractivity (Wildman–Crippen MR) is 138 cm³/mol. The number of hydrogen-bond donors (Lipinski definition) is 0. The van der Waals surface area contributed by atoms with Crippen LogP contribution in [0, 0.1) is 12.8 Å². The van der Waals surface area contributed by atoms with E-state index < -0.39 is 24.0 Å². The number of carbonyl (C=O) groups excluding carboxylic acids is 2. The second-order valence-corrected chi connectivity index (χ2v) is 9.68. The summed E-state index contributed by atoms with van der Waals surface area (Å²) in [6, 6.07) is 24.7. The predicted octanol–water partition coefficient (Wildman–Crippen LogP) is 6.61. The normalized spacial score (nSPS) is 21.4. The van der Waals surface area contributed by atoms with E-state index in [1.807, 2.05) is 49.4 Å². The third-order valence-electron chi connectivity index (χ3n) is 6.53. The van der Waals surface area contributed by atoms with Crippen molar-refractivity contribution in [2.75, 3.05) is 9.96 Å². The van der Waals surface area contributed by atoms with E-state index in [1.165, 1.54) is 4.90 Å². The number of amides is 2. The van der Waals surface area contributed by atoms with Crippen molar-refractivity contribution in [2.24, 2.45) is 5.92 Å². The quantitative estimate of drug-likeness (QED) is 0.284. The number of halogens is 2. The van der Waals surface area contributed by atoms with Crippen LogP contribution in [0.1, 0.15) is 17.4 Å². The summed E-state index contributed by atoms with van der Waals surface area (Å²) in [6.07, 6.45) is -0.975. The van der Waals surface area contributed by atoms with Gasteiger partial charge in [-0.3, -0.25) is 14.4 Å². The molecule has 180 valence electrons. The number of aryl methyl sites for hydroxylation is 1. The van der Waals surface area contributed by atoms with E-state index in [0.29, 0.717) is 38.5 Å². The van der Waals surface area contributed by atoms with Crippen LogP contribution in [0.2, 0.25) is 10.0 Å². The Hall–Kier alpha value is -3.58. The highest BCUT2D eigenvalue weighted by atomic mass is 35.5. The summed E-state index contributed by atoms with van der Waals surface area (Å²) in [6.45, 7) is 1.95. The fourth-order valence-corrected chi connectivity index (χ4v) is 5.30. The van der Waals surface area contributed by atoms with E-state index in [0.717, 1.165) is 5.56 Å². The first-order valence-corrected chi connectivity index (χ1v) is 12.2. The summed E-state index contributed by atoms with van der Waals surface area (Å²) in [5, 5.41) is 2.56. The fraction of sp³-hybridized carbons (Fsp3) is 0.143. The van der Waals surface area contributed by atoms with E-state index in [9.17, 15) is 9.59 Å². The van der Waals surface area contributed by atoms with Gasteiger partial charge in [0.15, 0.2) is 6.10 Å². The van der Waals surface area contributed by atoms with Crippen molar-refractivity contribution >= 4 is 46.4 Å². The molecule has 2 saturated heterocycles. The molecule has 0 saturated carbocycles. The van der Waals surface area contributed by atoms with Gasteiger partial charge in [0.05, 0.1) is 16.4 Å². The molecule has 6 nitrogen and oxygen atoms in total. The molecule has 0 radical (unpaired) electrons. The van der Waals surface area contributed by atoms with Crippen LogP contribution in [0.3, 0.4) is 0 Å². The Morgan fingerprint density at radius 3 is 2.28 bits per heavy atom. The Labute approximate surface area is 217 Å². The van der Waals surface area contributed by atoms with E-state index >= 15 is 0 Å². The number of imide groups is 1. The second-order valence-electron chi connectivity index (χ2n) is 8.83. The smallest absolute Gasteiger partial charge is 0.266 e. The highest BCUT2D eigenvalue weighted by molar-refractivity contribution is 6.36. The van der Waals surface area contributed by atoms with Crippen molar-refractivity contribution in [3.8, 4) is 11.3 Å². The maximum Gasteiger partial charge on any atom is 0.266 e. The second kappa shape index (κ2) is 8.82. The van der Waals surface area contributed by atoms with Gasteiger partial charge in [0.25, 0.3) is 5.91 Å². The number of rotatable bonds is 4. The standard InChI is InChI=1S/C28H20Cl2N2O4/c1-16-7-10-18(11-8-16)31-27(33)24-25(32(36-26(24)28(31)34)19-5-3-2-4-6-19)23-14-13-22(35-23)20-12-9-17(29)15-21(20)30/h2-15,24-26H,1H3/t24-,25+,26-/m1/s1. The minimum atomic E-state index is -0.975. The van der Waals surface area contributed by atoms with Gasteiger partial charge in [0.1, 0.15) is 23.5 Å². The van der Waals surface area contributed by atoms with Gasteiger partial charge in [-0.25, -0.2) is 9.96 Å². The maximum atomic E-state index is 13.7. The molecule has 4 aromatic rings. The van der Waals surface area contributed by atoms with Crippen LogP contribution < -0.4 is 9.96 Å². The molecule has 0 aliphatic carbocycles. The van der Waals surface area contributed by atoms with Crippen LogP contribution in [0.5, 0.6) is 0 Å². The Balaban J connectivity index is 1.42. The average Bonchev–Trinajstić information content (AvgIpc) is 3.56. The highest BCUT2D eigenvalue weighted by Crippen LogP contribution is 2.48. The van der Waals surface area contributed by atoms with Gasteiger partial charge in [-0.15, -0.1) is 0 Å². The first kappa shape index (κ1) is 22.9. The Bertz CT molecular complexity index is 1470. The Morgan fingerprint density at radius 1 is 0.806 bits per heavy atom. The average molecular weight is 519 g/mol. The minimum absolute atomic E-state index is 0.334. The van der Waals surface area contributed by atoms with Crippen molar-refractivity contribution in [1.29, 1.82) is 0 Å². The topological polar surface area (TPSA) is 63.0 Å². The van der Waals surface area contributed by atoms with E-state index in [4.69, 9.17) is 32.5 Å². The van der Waals surface area contributed by atoms with Gasteiger partial charge in [-0.2, -0.15) is 0 Å². The number of hydrogen-bond acceptors (Lipinski definition) is 5. The molecule has 2 aliphatic heterocycles. The zero-order valence-electron chi connectivity index (χ0n) is 19.1. The molecule has 1 aromatic heterocycles. The molecule has 0 unspecified atom stereocenters. The Morgan fingerprint density at radius 2 is 1.56 bits per heavy atom. The van der Waals surface area contributed by atoms with Crippen LogP contribution in [-0.2, 0) is 14.4 Å². The largest absolute Gasteiger partial charge is 0.459 e. The van der Waals surface area contributed by atoms with Gasteiger partial charge in [-0.05, 0) is 61.5 Å². The lowest BCUT2D eigenvalue weighted by molar-refractivity contribution is -0.126. The molecular weight excluding hydrogens is 499 g/mol. The van der Waals surface area contributed by atoms with Crippen LogP contribution in [0.25, 0.3) is 11.3 Å². The number of hydroxylamine groups is 1. The van der Waals surface area contributed by atoms with Crippen molar-refractivity contribution in [2.45, 2.75) is 19.1 Å². The fourth-order valence-electron chi connectivity index (χ4n) is 4.80. The summed E-state index contributed by atoms with van der Waals surface area (Å²) in [7, 11) is 0. The van der Waals surface area contributed by atoms with E-state index in [-0.39, 0.29) is 5.91 Å². The van der Waals surface area contributed by atoms with Crippen LogP contribution in [0.15, 0.2) is 89.3 Å². The summed E-state index contributed by atoms with van der Waals surface area (Å²) >= 11 is 12.5. The number of para-hydroxylation sites is 1. The molecule has 6 rings (SSSR count). The molecule has 2 aliphatic rings. The zero-order valence-corrected chi connectivity index (χ0v) is 20.6. The summed E-state index contributed by atoms with van der Waals surface area (Å²) in [5.74, 6) is -0.516. The number of furan rings is 1. The van der Waals surface area contributed by atoms with Gasteiger partial charge in [0, 0.05) is 10.6 Å². The summed E-state index contributed by atoms with van der Waals surface area (Å²) < 4.78 is 6.24. The molecule has 2 fully saturated rings. The van der Waals surface area contributed by atoms with Crippen molar-refractivity contribution in [3.63, 3.8) is 0 Å². The number of benzene rings is 3. The summed E-state index contributed by atoms with van der Waals surface area (Å²) in [4.78, 5) is 34.5. The number of anilines is 2. The highest BCUT2D eigenvalue weighted by Gasteiger charge is 2.61. The summed E-state index contributed by atoms with van der Waals surface area (Å²) in [5.41, 5.74) is 2.93. The van der Waals surface area contributed by atoms with Crippen molar-refractivity contribution in [3.05, 3.63) is 106 Å². The number of carbonyl (C=O) groups is 2. The maximum absolute atomic E-state index is 13.7. The molecular formula is C28H20Cl2N2O4. The monoisotopic (exact) mass is 518 g/mol. The van der Waals surface area contributed by atoms with Gasteiger partial charge in [0.2, 0.25) is 5.91 Å². The third-order valence-corrected chi connectivity index (χ3v) is 7.08. The molecule has 36 heavy (non-hydrogen) atoms. The van der Waals surface area contributed by atoms with E-state index in [1.54, 1.807) is 47.5 Å². The molecule has 3 atom stereocenters. The third kappa shape index (κ3) is 3.69. The van der Waals surface area contributed by atoms with Crippen LogP contribution >= 0.6 is 23.2 Å². The molecule has 0 bridgehead atoms. The molecule has 0 spiro atoms. The van der Waals surface area contributed by atoms with Crippen LogP contribution in [0.4, 0.5) is 11.4 Å². The zero-order chi connectivity index (χ0) is 25.0.